The average molecular weight is 351 g/mol. The first-order valence-corrected chi connectivity index (χ1v) is 9.74. The van der Waals surface area contributed by atoms with Crippen LogP contribution in [0.4, 0.5) is 0 Å². The number of amides is 1. The fourth-order valence-corrected chi connectivity index (χ4v) is 3.88. The third-order valence-electron chi connectivity index (χ3n) is 3.87. The SMILES string of the molecule is CC(C)CCC[C@@H](C)NC(=O)CN=C1NS(=O)(=O)c2ccccc21. The third-order valence-corrected chi connectivity index (χ3v) is 5.27. The molecule has 1 aliphatic rings. The monoisotopic (exact) mass is 351 g/mol. The summed E-state index contributed by atoms with van der Waals surface area (Å²) >= 11 is 0. The molecule has 2 rings (SSSR count). The van der Waals surface area contributed by atoms with Crippen LogP contribution in [0.3, 0.4) is 0 Å². The summed E-state index contributed by atoms with van der Waals surface area (Å²) in [6.45, 7) is 6.24. The molecule has 0 saturated heterocycles. The van der Waals surface area contributed by atoms with Crippen LogP contribution in [-0.2, 0) is 14.8 Å². The molecule has 1 aromatic carbocycles. The zero-order chi connectivity index (χ0) is 17.7. The van der Waals surface area contributed by atoms with Crippen molar-refractivity contribution in [3.8, 4) is 0 Å². The number of sulfonamides is 1. The van der Waals surface area contributed by atoms with Gasteiger partial charge in [0, 0.05) is 11.6 Å². The van der Waals surface area contributed by atoms with E-state index in [1.54, 1.807) is 18.2 Å². The maximum absolute atomic E-state index is 12.0. The van der Waals surface area contributed by atoms with Gasteiger partial charge in [0.2, 0.25) is 5.91 Å². The van der Waals surface area contributed by atoms with Crippen LogP contribution in [0.15, 0.2) is 34.2 Å². The highest BCUT2D eigenvalue weighted by Crippen LogP contribution is 2.21. The van der Waals surface area contributed by atoms with Gasteiger partial charge in [-0.25, -0.2) is 8.42 Å². The molecule has 2 N–H and O–H groups in total. The summed E-state index contributed by atoms with van der Waals surface area (Å²) in [6, 6.07) is 6.69. The highest BCUT2D eigenvalue weighted by molar-refractivity contribution is 7.90. The van der Waals surface area contributed by atoms with E-state index in [0.29, 0.717) is 11.5 Å². The molecule has 0 bridgehead atoms. The zero-order valence-electron chi connectivity index (χ0n) is 14.4. The number of aliphatic imine (C=N–C) groups is 1. The molecule has 1 aliphatic heterocycles. The van der Waals surface area contributed by atoms with Crippen molar-refractivity contribution >= 4 is 21.8 Å². The number of nitrogens with one attached hydrogen (secondary N) is 2. The normalized spacial score (nSPS) is 18.2. The Morgan fingerprint density at radius 3 is 2.62 bits per heavy atom. The van der Waals surface area contributed by atoms with E-state index in [4.69, 9.17) is 0 Å². The molecule has 0 aliphatic carbocycles. The van der Waals surface area contributed by atoms with Crippen LogP contribution in [0, 0.1) is 5.92 Å². The lowest BCUT2D eigenvalue weighted by Gasteiger charge is -2.13. The van der Waals surface area contributed by atoms with Crippen LogP contribution in [0.1, 0.15) is 45.6 Å². The lowest BCUT2D eigenvalue weighted by molar-refractivity contribution is -0.120. The quantitative estimate of drug-likeness (QED) is 0.788. The lowest BCUT2D eigenvalue weighted by atomic mass is 10.0. The zero-order valence-corrected chi connectivity index (χ0v) is 15.2. The summed E-state index contributed by atoms with van der Waals surface area (Å²) in [6.07, 6.45) is 3.14. The minimum atomic E-state index is -3.56. The number of amidine groups is 1. The Morgan fingerprint density at radius 1 is 1.21 bits per heavy atom. The second kappa shape index (κ2) is 7.79. The number of fused-ring (bicyclic) bond motifs is 1. The van der Waals surface area contributed by atoms with Crippen molar-refractivity contribution in [2.75, 3.05) is 6.54 Å². The molecular formula is C17H25N3O3S. The molecule has 0 aromatic heterocycles. The molecule has 1 atom stereocenters. The van der Waals surface area contributed by atoms with E-state index in [2.05, 4.69) is 28.9 Å². The number of rotatable bonds is 7. The maximum atomic E-state index is 12.0. The van der Waals surface area contributed by atoms with E-state index in [9.17, 15) is 13.2 Å². The molecule has 1 aromatic rings. The van der Waals surface area contributed by atoms with Gasteiger partial charge in [-0.05, 0) is 31.4 Å². The van der Waals surface area contributed by atoms with Gasteiger partial charge in [0.25, 0.3) is 10.0 Å². The van der Waals surface area contributed by atoms with E-state index >= 15 is 0 Å². The standard InChI is InChI=1S/C17H25N3O3S/c1-12(2)7-6-8-13(3)19-16(21)11-18-17-14-9-4-5-10-15(14)24(22,23)20-17/h4-5,9-10,12-13H,6-8,11H2,1-3H3,(H,18,20)(H,19,21)/t13-/m1/s1. The van der Waals surface area contributed by atoms with Crippen molar-refractivity contribution < 1.29 is 13.2 Å². The minimum Gasteiger partial charge on any atom is -0.352 e. The molecule has 1 heterocycles. The molecule has 0 radical (unpaired) electrons. The highest BCUT2D eigenvalue weighted by atomic mass is 32.2. The third kappa shape index (κ3) is 4.80. The first kappa shape index (κ1) is 18.4. The van der Waals surface area contributed by atoms with Crippen LogP contribution in [0.5, 0.6) is 0 Å². The Morgan fingerprint density at radius 2 is 1.92 bits per heavy atom. The van der Waals surface area contributed by atoms with Gasteiger partial charge in [-0.2, -0.15) is 0 Å². The number of nitrogens with zero attached hydrogens (tertiary/aromatic N) is 1. The Kier molecular flexibility index (Phi) is 5.99. The number of carbonyl (C=O) groups is 1. The molecule has 0 fully saturated rings. The van der Waals surface area contributed by atoms with Gasteiger partial charge >= 0.3 is 0 Å². The van der Waals surface area contributed by atoms with Gasteiger partial charge in [0.05, 0.1) is 4.90 Å². The van der Waals surface area contributed by atoms with Crippen molar-refractivity contribution in [3.05, 3.63) is 29.8 Å². The number of hydrogen-bond donors (Lipinski definition) is 2. The minimum absolute atomic E-state index is 0.0870. The molecule has 24 heavy (non-hydrogen) atoms. The van der Waals surface area contributed by atoms with Gasteiger partial charge in [-0.15, -0.1) is 0 Å². The highest BCUT2D eigenvalue weighted by Gasteiger charge is 2.30. The van der Waals surface area contributed by atoms with Gasteiger partial charge in [-0.1, -0.05) is 38.8 Å². The Bertz CT molecular complexity index is 726. The predicted octanol–water partition coefficient (Wildman–Crippen LogP) is 2.06. The molecule has 7 heteroatoms. The second-order valence-electron chi connectivity index (χ2n) is 6.56. The molecule has 1 amide bonds. The Labute approximate surface area is 143 Å². The van der Waals surface area contributed by atoms with Gasteiger partial charge in [0.15, 0.2) is 0 Å². The largest absolute Gasteiger partial charge is 0.352 e. The van der Waals surface area contributed by atoms with E-state index in [1.807, 2.05) is 6.92 Å². The van der Waals surface area contributed by atoms with Crippen LogP contribution in [0.25, 0.3) is 0 Å². The van der Waals surface area contributed by atoms with Gasteiger partial charge in [0.1, 0.15) is 12.4 Å². The Balaban J connectivity index is 1.91. The molecule has 6 nitrogen and oxygen atoms in total. The number of carbonyl (C=O) groups excluding carboxylic acids is 1. The van der Waals surface area contributed by atoms with E-state index in [-0.39, 0.29) is 29.2 Å². The summed E-state index contributed by atoms with van der Waals surface area (Å²) in [7, 11) is -3.56. The topological polar surface area (TPSA) is 87.6 Å². The Hall–Kier alpha value is -1.89. The molecule has 0 saturated carbocycles. The second-order valence-corrected chi connectivity index (χ2v) is 8.21. The van der Waals surface area contributed by atoms with E-state index in [1.165, 1.54) is 6.07 Å². The summed E-state index contributed by atoms with van der Waals surface area (Å²) in [4.78, 5) is 16.3. The maximum Gasteiger partial charge on any atom is 0.263 e. The molecule has 0 unspecified atom stereocenters. The van der Waals surface area contributed by atoms with Crippen LogP contribution >= 0.6 is 0 Å². The summed E-state index contributed by atoms with van der Waals surface area (Å²) in [5, 5.41) is 2.90. The molecular weight excluding hydrogens is 326 g/mol. The number of benzene rings is 1. The fourth-order valence-electron chi connectivity index (χ4n) is 2.63. The molecule has 132 valence electrons. The van der Waals surface area contributed by atoms with E-state index < -0.39 is 10.0 Å². The fraction of sp³-hybridized carbons (Fsp3) is 0.529. The van der Waals surface area contributed by atoms with Crippen LogP contribution in [-0.4, -0.2) is 32.7 Å². The van der Waals surface area contributed by atoms with Crippen molar-refractivity contribution in [2.45, 2.75) is 51.0 Å². The summed E-state index contributed by atoms with van der Waals surface area (Å²) in [5.41, 5.74) is 0.510. The van der Waals surface area contributed by atoms with Crippen LogP contribution in [0.2, 0.25) is 0 Å². The first-order valence-electron chi connectivity index (χ1n) is 8.25. The predicted molar refractivity (Wildman–Crippen MR) is 94.5 cm³/mol. The number of hydrogen-bond acceptors (Lipinski definition) is 4. The molecule has 0 spiro atoms. The van der Waals surface area contributed by atoms with E-state index in [0.717, 1.165) is 19.3 Å². The average Bonchev–Trinajstić information content (AvgIpc) is 2.76. The van der Waals surface area contributed by atoms with Gasteiger partial charge < -0.3 is 5.32 Å². The summed E-state index contributed by atoms with van der Waals surface area (Å²) < 4.78 is 26.3. The van der Waals surface area contributed by atoms with Crippen LogP contribution < -0.4 is 10.0 Å². The summed E-state index contributed by atoms with van der Waals surface area (Å²) in [5.74, 6) is 0.686. The smallest absolute Gasteiger partial charge is 0.263 e. The lowest BCUT2D eigenvalue weighted by Crippen LogP contribution is -2.35. The van der Waals surface area contributed by atoms with Crippen molar-refractivity contribution in [1.29, 1.82) is 0 Å². The first-order chi connectivity index (χ1) is 11.3. The van der Waals surface area contributed by atoms with Crippen molar-refractivity contribution in [2.24, 2.45) is 10.9 Å². The van der Waals surface area contributed by atoms with Gasteiger partial charge in [-0.3, -0.25) is 14.5 Å². The van der Waals surface area contributed by atoms with Crippen molar-refractivity contribution in [1.82, 2.24) is 10.0 Å². The van der Waals surface area contributed by atoms with Crippen molar-refractivity contribution in [3.63, 3.8) is 0 Å².